The van der Waals surface area contributed by atoms with Crippen LogP contribution in [0.5, 0.6) is 0 Å². The fraction of sp³-hybridized carbons (Fsp3) is 0.824. The molecule has 4 heteroatoms. The Balaban J connectivity index is 0.000000344. The number of carbonyl (C=O) groups is 1. The van der Waals surface area contributed by atoms with Crippen molar-refractivity contribution in [3.8, 4) is 0 Å². The molecule has 122 valence electrons. The molecule has 1 aliphatic carbocycles. The number of esters is 1. The number of hydrogen-bond donors (Lipinski definition) is 2. The van der Waals surface area contributed by atoms with Crippen molar-refractivity contribution in [2.24, 2.45) is 5.92 Å². The van der Waals surface area contributed by atoms with E-state index in [-0.39, 0.29) is 7.40 Å². The van der Waals surface area contributed by atoms with Gasteiger partial charge in [0.2, 0.25) is 0 Å². The van der Waals surface area contributed by atoms with E-state index in [2.05, 4.69) is 10.6 Å². The van der Waals surface area contributed by atoms with Crippen molar-refractivity contribution >= 4 is 5.97 Å². The Morgan fingerprint density at radius 3 is 2.62 bits per heavy atom. The summed E-state index contributed by atoms with van der Waals surface area (Å²) in [7, 11) is 1.47. The van der Waals surface area contributed by atoms with Gasteiger partial charge in [-0.25, -0.2) is 4.79 Å². The van der Waals surface area contributed by atoms with Crippen molar-refractivity contribution in [2.45, 2.75) is 57.4 Å². The van der Waals surface area contributed by atoms with Crippen LogP contribution in [0.25, 0.3) is 0 Å². The zero-order chi connectivity index (χ0) is 14.9. The molecule has 3 rings (SSSR count). The van der Waals surface area contributed by atoms with Gasteiger partial charge in [-0.3, -0.25) is 0 Å². The summed E-state index contributed by atoms with van der Waals surface area (Å²) in [6.07, 6.45) is 11.8. The van der Waals surface area contributed by atoms with Gasteiger partial charge in [-0.15, -0.1) is 0 Å². The number of ether oxygens (including phenoxy) is 1. The second-order valence-electron chi connectivity index (χ2n) is 6.28. The maximum Gasteiger partial charge on any atom is 0.333 e. The SMILES string of the molecule is C1CCNC1.COC(=O)/C1=C\CCN[C@H]2CCCC[C@H]2C1.[HH]. The first-order valence-corrected chi connectivity index (χ1v) is 8.52. The van der Waals surface area contributed by atoms with Gasteiger partial charge in [0, 0.05) is 13.0 Å². The summed E-state index contributed by atoms with van der Waals surface area (Å²) in [5.74, 6) is 0.491. The Bertz CT molecular complexity index is 349. The molecular formula is C17H32N2O2. The van der Waals surface area contributed by atoms with Gasteiger partial charge in [0.15, 0.2) is 0 Å². The van der Waals surface area contributed by atoms with E-state index in [0.29, 0.717) is 12.0 Å². The summed E-state index contributed by atoms with van der Waals surface area (Å²) in [5, 5.41) is 6.83. The topological polar surface area (TPSA) is 50.4 Å². The lowest BCUT2D eigenvalue weighted by Gasteiger charge is -2.34. The van der Waals surface area contributed by atoms with Crippen molar-refractivity contribution in [1.29, 1.82) is 0 Å². The lowest BCUT2D eigenvalue weighted by molar-refractivity contribution is -0.136. The Labute approximate surface area is 130 Å². The molecular weight excluding hydrogens is 264 g/mol. The summed E-state index contributed by atoms with van der Waals surface area (Å²) in [5.41, 5.74) is 0.890. The van der Waals surface area contributed by atoms with E-state index < -0.39 is 0 Å². The van der Waals surface area contributed by atoms with Crippen LogP contribution in [0.4, 0.5) is 0 Å². The van der Waals surface area contributed by atoms with Gasteiger partial charge < -0.3 is 15.4 Å². The Morgan fingerprint density at radius 2 is 1.95 bits per heavy atom. The maximum atomic E-state index is 11.6. The summed E-state index contributed by atoms with van der Waals surface area (Å²) in [4.78, 5) is 11.6. The van der Waals surface area contributed by atoms with E-state index in [4.69, 9.17) is 4.74 Å². The van der Waals surface area contributed by atoms with E-state index in [1.807, 2.05) is 6.08 Å². The third-order valence-electron chi connectivity index (χ3n) is 4.74. The molecule has 2 atom stereocenters. The fourth-order valence-electron chi connectivity index (χ4n) is 3.52. The smallest absolute Gasteiger partial charge is 0.333 e. The van der Waals surface area contributed by atoms with Gasteiger partial charge in [-0.1, -0.05) is 18.9 Å². The second kappa shape index (κ2) is 9.21. The van der Waals surface area contributed by atoms with Crippen molar-refractivity contribution in [2.75, 3.05) is 26.7 Å². The molecule has 0 aromatic carbocycles. The van der Waals surface area contributed by atoms with Crippen LogP contribution in [0.15, 0.2) is 11.6 Å². The highest BCUT2D eigenvalue weighted by molar-refractivity contribution is 5.88. The highest BCUT2D eigenvalue weighted by Crippen LogP contribution is 2.31. The van der Waals surface area contributed by atoms with Crippen molar-refractivity contribution in [3.05, 3.63) is 11.6 Å². The molecule has 0 radical (unpaired) electrons. The molecule has 0 spiro atoms. The van der Waals surface area contributed by atoms with Crippen molar-refractivity contribution in [3.63, 3.8) is 0 Å². The van der Waals surface area contributed by atoms with Gasteiger partial charge in [0.05, 0.1) is 7.11 Å². The van der Waals surface area contributed by atoms with Crippen LogP contribution >= 0.6 is 0 Å². The molecule has 2 fully saturated rings. The molecule has 0 bridgehead atoms. The average Bonchev–Trinajstić information content (AvgIpc) is 3.07. The van der Waals surface area contributed by atoms with Crippen LogP contribution in [-0.2, 0) is 9.53 Å². The summed E-state index contributed by atoms with van der Waals surface area (Å²) in [6.45, 7) is 3.49. The van der Waals surface area contributed by atoms with E-state index in [1.54, 1.807) is 0 Å². The molecule has 1 saturated carbocycles. The van der Waals surface area contributed by atoms with Crippen LogP contribution in [0.2, 0.25) is 0 Å². The normalized spacial score (nSPS) is 31.6. The Kier molecular flexibility index (Phi) is 7.24. The number of carbonyl (C=O) groups excluding carboxylic acids is 1. The average molecular weight is 296 g/mol. The molecule has 2 heterocycles. The van der Waals surface area contributed by atoms with E-state index in [0.717, 1.165) is 25.0 Å². The van der Waals surface area contributed by atoms with Gasteiger partial charge in [-0.05, 0) is 64.1 Å². The predicted molar refractivity (Wildman–Crippen MR) is 87.3 cm³/mol. The van der Waals surface area contributed by atoms with Crippen LogP contribution < -0.4 is 10.6 Å². The summed E-state index contributed by atoms with van der Waals surface area (Å²) >= 11 is 0. The Morgan fingerprint density at radius 1 is 1.19 bits per heavy atom. The molecule has 4 nitrogen and oxygen atoms in total. The van der Waals surface area contributed by atoms with Gasteiger partial charge in [-0.2, -0.15) is 0 Å². The zero-order valence-electron chi connectivity index (χ0n) is 13.3. The second-order valence-corrected chi connectivity index (χ2v) is 6.28. The lowest BCUT2D eigenvalue weighted by atomic mass is 9.79. The number of hydrogen-bond acceptors (Lipinski definition) is 4. The van der Waals surface area contributed by atoms with Crippen molar-refractivity contribution in [1.82, 2.24) is 10.6 Å². The first-order chi connectivity index (χ1) is 10.3. The number of rotatable bonds is 1. The van der Waals surface area contributed by atoms with Crippen LogP contribution in [0.3, 0.4) is 0 Å². The lowest BCUT2D eigenvalue weighted by Crippen LogP contribution is -2.40. The number of fused-ring (bicyclic) bond motifs is 1. The molecule has 2 N–H and O–H groups in total. The largest absolute Gasteiger partial charge is 0.466 e. The molecule has 0 aromatic rings. The molecule has 0 unspecified atom stereocenters. The van der Waals surface area contributed by atoms with Gasteiger partial charge in [0.25, 0.3) is 0 Å². The van der Waals surface area contributed by atoms with E-state index in [1.165, 1.54) is 58.7 Å². The molecule has 1 saturated heterocycles. The molecule has 3 aliphatic rings. The monoisotopic (exact) mass is 296 g/mol. The summed E-state index contributed by atoms with van der Waals surface area (Å²) in [6, 6.07) is 0.613. The molecule has 21 heavy (non-hydrogen) atoms. The number of methoxy groups -OCH3 is 1. The van der Waals surface area contributed by atoms with E-state index >= 15 is 0 Å². The van der Waals surface area contributed by atoms with Gasteiger partial charge >= 0.3 is 5.97 Å². The van der Waals surface area contributed by atoms with Crippen LogP contribution in [0.1, 0.15) is 52.8 Å². The van der Waals surface area contributed by atoms with Crippen LogP contribution in [-0.4, -0.2) is 38.8 Å². The summed E-state index contributed by atoms with van der Waals surface area (Å²) < 4.78 is 4.84. The predicted octanol–water partition coefficient (Wildman–Crippen LogP) is 2.64. The highest BCUT2D eigenvalue weighted by Gasteiger charge is 2.28. The highest BCUT2D eigenvalue weighted by atomic mass is 16.5. The third-order valence-corrected chi connectivity index (χ3v) is 4.74. The Hall–Kier alpha value is -0.870. The quantitative estimate of drug-likeness (QED) is 0.730. The first kappa shape index (κ1) is 16.5. The van der Waals surface area contributed by atoms with E-state index in [9.17, 15) is 4.79 Å². The molecule has 0 amide bonds. The maximum absolute atomic E-state index is 11.6. The minimum atomic E-state index is -0.133. The minimum Gasteiger partial charge on any atom is -0.466 e. The van der Waals surface area contributed by atoms with Crippen LogP contribution in [0, 0.1) is 5.92 Å². The number of nitrogens with one attached hydrogen (secondary N) is 2. The van der Waals surface area contributed by atoms with Gasteiger partial charge in [0.1, 0.15) is 0 Å². The molecule has 0 aromatic heterocycles. The minimum absolute atomic E-state index is 0. The zero-order valence-corrected chi connectivity index (χ0v) is 13.3. The third kappa shape index (κ3) is 5.44. The standard InChI is InChI=1S/C13H21NO2.C4H9N.H2/c1-16-13(15)11-6-4-8-14-12-7-3-2-5-10(12)9-11;1-2-4-5-3-1;/h6,10,12,14H,2-5,7-9H2,1H3;5H,1-4H2;1H/b11-6-;;/t10-,12-;;/m0../s1. The first-order valence-electron chi connectivity index (χ1n) is 8.52. The fourth-order valence-corrected chi connectivity index (χ4v) is 3.52. The molecule has 2 aliphatic heterocycles. The van der Waals surface area contributed by atoms with Crippen molar-refractivity contribution < 1.29 is 11.0 Å².